The van der Waals surface area contributed by atoms with Crippen molar-refractivity contribution in [3.05, 3.63) is 0 Å². The number of alkyl carbamates (subject to hydrolysis) is 1. The van der Waals surface area contributed by atoms with Crippen molar-refractivity contribution in [1.82, 2.24) is 10.6 Å². The lowest BCUT2D eigenvalue weighted by atomic mass is 10.1. The van der Waals surface area contributed by atoms with Gasteiger partial charge in [-0.1, -0.05) is 6.92 Å². The quantitative estimate of drug-likeness (QED) is 0.719. The average Bonchev–Trinajstić information content (AvgIpc) is 3.14. The second kappa shape index (κ2) is 7.84. The molecule has 2 N–H and O–H groups in total. The third-order valence-corrected chi connectivity index (χ3v) is 3.38. The SMILES string of the molecule is CCC(CNC(COC)C1CC1)NC(=O)OC(C)(C)C. The van der Waals surface area contributed by atoms with Crippen molar-refractivity contribution in [1.29, 1.82) is 0 Å². The molecule has 0 aromatic heterocycles. The Balaban J connectivity index is 2.32. The van der Waals surface area contributed by atoms with E-state index in [4.69, 9.17) is 9.47 Å². The first-order chi connectivity index (χ1) is 9.35. The van der Waals surface area contributed by atoms with Gasteiger partial charge in [0.15, 0.2) is 0 Å². The highest BCUT2D eigenvalue weighted by molar-refractivity contribution is 5.68. The van der Waals surface area contributed by atoms with Crippen molar-refractivity contribution in [2.24, 2.45) is 5.92 Å². The molecule has 5 heteroatoms. The fraction of sp³-hybridized carbons (Fsp3) is 0.933. The summed E-state index contributed by atoms with van der Waals surface area (Å²) in [6.45, 7) is 9.15. The average molecular weight is 286 g/mol. The van der Waals surface area contributed by atoms with E-state index in [1.54, 1.807) is 7.11 Å². The maximum atomic E-state index is 11.8. The molecule has 0 aromatic carbocycles. The van der Waals surface area contributed by atoms with Crippen molar-refractivity contribution < 1.29 is 14.3 Å². The number of methoxy groups -OCH3 is 1. The van der Waals surface area contributed by atoms with Gasteiger partial charge in [-0.05, 0) is 46.0 Å². The largest absolute Gasteiger partial charge is 0.444 e. The summed E-state index contributed by atoms with van der Waals surface area (Å²) in [5, 5.41) is 6.42. The van der Waals surface area contributed by atoms with Crippen LogP contribution >= 0.6 is 0 Å². The van der Waals surface area contributed by atoms with E-state index < -0.39 is 5.60 Å². The highest BCUT2D eigenvalue weighted by atomic mass is 16.6. The normalized spacial score (nSPS) is 18.4. The highest BCUT2D eigenvalue weighted by Crippen LogP contribution is 2.32. The van der Waals surface area contributed by atoms with E-state index >= 15 is 0 Å². The number of amides is 1. The molecular formula is C15H30N2O3. The first-order valence-corrected chi connectivity index (χ1v) is 7.57. The van der Waals surface area contributed by atoms with E-state index in [-0.39, 0.29) is 12.1 Å². The number of nitrogens with one attached hydrogen (secondary N) is 2. The minimum Gasteiger partial charge on any atom is -0.444 e. The Morgan fingerprint density at radius 1 is 1.35 bits per heavy atom. The second-order valence-corrected chi connectivity index (χ2v) is 6.56. The van der Waals surface area contributed by atoms with Gasteiger partial charge < -0.3 is 20.1 Å². The smallest absolute Gasteiger partial charge is 0.407 e. The van der Waals surface area contributed by atoms with E-state index in [0.717, 1.165) is 25.5 Å². The topological polar surface area (TPSA) is 59.6 Å². The summed E-state index contributed by atoms with van der Waals surface area (Å²) in [7, 11) is 1.73. The summed E-state index contributed by atoms with van der Waals surface area (Å²) >= 11 is 0. The molecule has 0 aliphatic heterocycles. The summed E-state index contributed by atoms with van der Waals surface area (Å²) in [4.78, 5) is 11.8. The predicted octanol–water partition coefficient (Wildman–Crippen LogP) is 2.30. The van der Waals surface area contributed by atoms with Crippen LogP contribution in [0.25, 0.3) is 0 Å². The lowest BCUT2D eigenvalue weighted by Crippen LogP contribution is -2.47. The standard InChI is InChI=1S/C15H30N2O3/c1-6-12(17-14(18)20-15(2,3)4)9-16-13(10-19-5)11-7-8-11/h11-13,16H,6-10H2,1-5H3,(H,17,18). The van der Waals surface area contributed by atoms with Gasteiger partial charge in [0.2, 0.25) is 0 Å². The van der Waals surface area contributed by atoms with Gasteiger partial charge in [0.05, 0.1) is 6.61 Å². The molecule has 1 aliphatic rings. The number of rotatable bonds is 8. The van der Waals surface area contributed by atoms with E-state index in [1.165, 1.54) is 12.8 Å². The molecule has 0 heterocycles. The van der Waals surface area contributed by atoms with Crippen molar-refractivity contribution in [3.63, 3.8) is 0 Å². The summed E-state index contributed by atoms with van der Waals surface area (Å²) in [6, 6.07) is 0.484. The van der Waals surface area contributed by atoms with Gasteiger partial charge in [-0.2, -0.15) is 0 Å². The monoisotopic (exact) mass is 286 g/mol. The van der Waals surface area contributed by atoms with Crippen molar-refractivity contribution in [3.8, 4) is 0 Å². The molecule has 2 unspecified atom stereocenters. The maximum Gasteiger partial charge on any atom is 0.407 e. The number of ether oxygens (including phenoxy) is 2. The molecule has 0 bridgehead atoms. The van der Waals surface area contributed by atoms with Gasteiger partial charge in [-0.15, -0.1) is 0 Å². The minimum atomic E-state index is -0.456. The molecule has 1 saturated carbocycles. The number of hydrogen-bond donors (Lipinski definition) is 2. The molecule has 0 saturated heterocycles. The van der Waals surface area contributed by atoms with Crippen LogP contribution < -0.4 is 10.6 Å². The molecule has 2 atom stereocenters. The lowest BCUT2D eigenvalue weighted by Gasteiger charge is -2.25. The molecule has 0 aromatic rings. The zero-order valence-electron chi connectivity index (χ0n) is 13.5. The van der Waals surface area contributed by atoms with Gasteiger partial charge in [0.1, 0.15) is 5.60 Å². The third kappa shape index (κ3) is 7.10. The number of carbonyl (C=O) groups is 1. The van der Waals surface area contributed by atoms with Crippen molar-refractivity contribution in [2.45, 2.75) is 64.6 Å². The predicted molar refractivity (Wildman–Crippen MR) is 79.8 cm³/mol. The van der Waals surface area contributed by atoms with Crippen LogP contribution in [-0.2, 0) is 9.47 Å². The zero-order chi connectivity index (χ0) is 15.2. The third-order valence-electron chi connectivity index (χ3n) is 3.38. The Labute approximate surface area is 122 Å². The fourth-order valence-corrected chi connectivity index (χ4v) is 2.11. The van der Waals surface area contributed by atoms with Gasteiger partial charge in [-0.25, -0.2) is 4.79 Å². The molecule has 1 rings (SSSR count). The second-order valence-electron chi connectivity index (χ2n) is 6.56. The molecule has 1 fully saturated rings. The summed E-state index contributed by atoms with van der Waals surface area (Å²) in [6.07, 6.45) is 3.08. The number of carbonyl (C=O) groups excluding carboxylic acids is 1. The van der Waals surface area contributed by atoms with Crippen LogP contribution in [0.2, 0.25) is 0 Å². The fourth-order valence-electron chi connectivity index (χ4n) is 2.11. The number of hydrogen-bond acceptors (Lipinski definition) is 4. The van der Waals surface area contributed by atoms with Gasteiger partial charge >= 0.3 is 6.09 Å². The minimum absolute atomic E-state index is 0.0861. The zero-order valence-corrected chi connectivity index (χ0v) is 13.5. The molecule has 20 heavy (non-hydrogen) atoms. The molecule has 118 valence electrons. The Bertz CT molecular complexity index is 298. The first-order valence-electron chi connectivity index (χ1n) is 7.57. The van der Waals surface area contributed by atoms with Crippen LogP contribution in [0.1, 0.15) is 47.0 Å². The van der Waals surface area contributed by atoms with Crippen molar-refractivity contribution >= 4 is 6.09 Å². The van der Waals surface area contributed by atoms with Crippen molar-refractivity contribution in [2.75, 3.05) is 20.3 Å². The Kier molecular flexibility index (Phi) is 6.76. The summed E-state index contributed by atoms with van der Waals surface area (Å²) in [5.41, 5.74) is -0.456. The molecule has 1 amide bonds. The van der Waals surface area contributed by atoms with E-state index in [9.17, 15) is 4.79 Å². The van der Waals surface area contributed by atoms with E-state index in [1.807, 2.05) is 20.8 Å². The Morgan fingerprint density at radius 2 is 2.00 bits per heavy atom. The van der Waals surface area contributed by atoms with E-state index in [0.29, 0.717) is 6.04 Å². The summed E-state index contributed by atoms with van der Waals surface area (Å²) in [5.74, 6) is 0.731. The molecule has 0 radical (unpaired) electrons. The van der Waals surface area contributed by atoms with E-state index in [2.05, 4.69) is 17.6 Å². The van der Waals surface area contributed by atoms with Gasteiger partial charge in [0.25, 0.3) is 0 Å². The van der Waals surface area contributed by atoms with Crippen LogP contribution in [0, 0.1) is 5.92 Å². The highest BCUT2D eigenvalue weighted by Gasteiger charge is 2.31. The Morgan fingerprint density at radius 3 is 2.45 bits per heavy atom. The first kappa shape index (κ1) is 17.2. The molecule has 1 aliphatic carbocycles. The Hall–Kier alpha value is -0.810. The molecule has 0 spiro atoms. The summed E-state index contributed by atoms with van der Waals surface area (Å²) < 4.78 is 10.5. The maximum absolute atomic E-state index is 11.8. The molecule has 5 nitrogen and oxygen atoms in total. The lowest BCUT2D eigenvalue weighted by molar-refractivity contribution is 0.0500. The van der Waals surface area contributed by atoms with Crippen LogP contribution in [0.3, 0.4) is 0 Å². The van der Waals surface area contributed by atoms with Crippen LogP contribution in [-0.4, -0.2) is 44.0 Å². The van der Waals surface area contributed by atoms with Crippen LogP contribution in [0.15, 0.2) is 0 Å². The van der Waals surface area contributed by atoms with Gasteiger partial charge in [-0.3, -0.25) is 0 Å². The molecular weight excluding hydrogens is 256 g/mol. The van der Waals surface area contributed by atoms with Crippen LogP contribution in [0.5, 0.6) is 0 Å². The van der Waals surface area contributed by atoms with Crippen LogP contribution in [0.4, 0.5) is 4.79 Å². The van der Waals surface area contributed by atoms with Gasteiger partial charge in [0, 0.05) is 25.7 Å².